The van der Waals surface area contributed by atoms with Crippen LogP contribution in [0.2, 0.25) is 0 Å². The van der Waals surface area contributed by atoms with Crippen molar-refractivity contribution in [3.05, 3.63) is 33.8 Å². The van der Waals surface area contributed by atoms with Crippen LogP contribution in [0.25, 0.3) is 0 Å². The van der Waals surface area contributed by atoms with Crippen molar-refractivity contribution < 1.29 is 0 Å². The highest BCUT2D eigenvalue weighted by Crippen LogP contribution is 2.22. The van der Waals surface area contributed by atoms with Crippen molar-refractivity contribution in [2.24, 2.45) is 5.73 Å². The van der Waals surface area contributed by atoms with Crippen molar-refractivity contribution >= 4 is 15.9 Å². The summed E-state index contributed by atoms with van der Waals surface area (Å²) < 4.78 is 1.10. The van der Waals surface area contributed by atoms with Crippen LogP contribution in [-0.4, -0.2) is 0 Å². The highest BCUT2D eigenvalue weighted by Gasteiger charge is 2.06. The lowest BCUT2D eigenvalue weighted by Gasteiger charge is -2.12. The van der Waals surface area contributed by atoms with E-state index >= 15 is 0 Å². The molecule has 0 spiro atoms. The zero-order chi connectivity index (χ0) is 9.14. The minimum atomic E-state index is 0.169. The van der Waals surface area contributed by atoms with Gasteiger partial charge in [-0.2, -0.15) is 0 Å². The van der Waals surface area contributed by atoms with Gasteiger partial charge in [0.15, 0.2) is 0 Å². The highest BCUT2D eigenvalue weighted by atomic mass is 79.9. The lowest BCUT2D eigenvalue weighted by molar-refractivity contribution is 0.693. The van der Waals surface area contributed by atoms with Crippen molar-refractivity contribution in [1.29, 1.82) is 0 Å². The number of rotatable bonds is 2. The van der Waals surface area contributed by atoms with Crippen LogP contribution in [0.4, 0.5) is 0 Å². The van der Waals surface area contributed by atoms with Crippen LogP contribution in [-0.2, 0) is 0 Å². The molecule has 1 nitrogen and oxygen atoms in total. The van der Waals surface area contributed by atoms with Gasteiger partial charge in [0.1, 0.15) is 0 Å². The maximum absolute atomic E-state index is 5.94. The number of hydrogen-bond donors (Lipinski definition) is 1. The fourth-order valence-corrected chi connectivity index (χ4v) is 1.61. The fraction of sp³-hybridized carbons (Fsp3) is 0.400. The molecule has 1 rings (SSSR count). The molecule has 0 fully saturated rings. The summed E-state index contributed by atoms with van der Waals surface area (Å²) >= 11 is 3.44. The third kappa shape index (κ3) is 2.08. The minimum absolute atomic E-state index is 0.169. The molecule has 1 aromatic rings. The van der Waals surface area contributed by atoms with E-state index in [1.807, 2.05) is 6.07 Å². The van der Waals surface area contributed by atoms with Crippen molar-refractivity contribution in [3.8, 4) is 0 Å². The lowest BCUT2D eigenvalue weighted by atomic mass is 10.0. The van der Waals surface area contributed by atoms with Crippen LogP contribution in [0.5, 0.6) is 0 Å². The molecule has 0 bridgehead atoms. The monoisotopic (exact) mass is 227 g/mol. The molecule has 0 saturated heterocycles. The van der Waals surface area contributed by atoms with Gasteiger partial charge in [0, 0.05) is 10.5 Å². The number of halogens is 1. The fourth-order valence-electron chi connectivity index (χ4n) is 1.23. The maximum atomic E-state index is 5.94. The summed E-state index contributed by atoms with van der Waals surface area (Å²) in [6.45, 7) is 4.20. The molecule has 0 aliphatic rings. The number of benzene rings is 1. The summed E-state index contributed by atoms with van der Waals surface area (Å²) in [7, 11) is 0. The van der Waals surface area contributed by atoms with Crippen molar-refractivity contribution in [2.45, 2.75) is 26.3 Å². The molecule has 66 valence electrons. The zero-order valence-electron chi connectivity index (χ0n) is 7.47. The Morgan fingerprint density at radius 2 is 2.17 bits per heavy atom. The summed E-state index contributed by atoms with van der Waals surface area (Å²) in [5, 5.41) is 0. The largest absolute Gasteiger partial charge is 0.324 e. The van der Waals surface area contributed by atoms with Crippen LogP contribution in [0, 0.1) is 6.92 Å². The van der Waals surface area contributed by atoms with Gasteiger partial charge in [-0.25, -0.2) is 0 Å². The third-order valence-electron chi connectivity index (χ3n) is 2.08. The van der Waals surface area contributed by atoms with E-state index in [1.54, 1.807) is 0 Å². The Bertz CT molecular complexity index is 271. The Morgan fingerprint density at radius 1 is 1.50 bits per heavy atom. The SMILES string of the molecule is CC[C@@H](N)c1cc(Br)ccc1C. The molecule has 1 atom stereocenters. The molecule has 2 N–H and O–H groups in total. The Morgan fingerprint density at radius 3 is 2.75 bits per heavy atom. The Labute approximate surface area is 82.1 Å². The van der Waals surface area contributed by atoms with Crippen LogP contribution in [0.15, 0.2) is 22.7 Å². The van der Waals surface area contributed by atoms with E-state index in [0.717, 1.165) is 10.9 Å². The summed E-state index contributed by atoms with van der Waals surface area (Å²) in [5.41, 5.74) is 8.46. The summed E-state index contributed by atoms with van der Waals surface area (Å²) in [4.78, 5) is 0. The molecular weight excluding hydrogens is 214 g/mol. The first-order chi connectivity index (χ1) is 5.65. The molecule has 0 aromatic heterocycles. The van der Waals surface area contributed by atoms with Gasteiger partial charge in [-0.15, -0.1) is 0 Å². The molecule has 0 radical (unpaired) electrons. The van der Waals surface area contributed by atoms with E-state index in [4.69, 9.17) is 5.73 Å². The predicted molar refractivity (Wildman–Crippen MR) is 56.1 cm³/mol. The van der Waals surface area contributed by atoms with E-state index < -0.39 is 0 Å². The molecule has 12 heavy (non-hydrogen) atoms. The minimum Gasteiger partial charge on any atom is -0.324 e. The van der Waals surface area contributed by atoms with Gasteiger partial charge in [0.2, 0.25) is 0 Å². The Hall–Kier alpha value is -0.340. The molecule has 0 heterocycles. The summed E-state index contributed by atoms with van der Waals surface area (Å²) in [6, 6.07) is 6.40. The van der Waals surface area contributed by atoms with Crippen LogP contribution < -0.4 is 5.73 Å². The molecule has 0 aliphatic carbocycles. The smallest absolute Gasteiger partial charge is 0.0295 e. The van der Waals surface area contributed by atoms with Crippen molar-refractivity contribution in [1.82, 2.24) is 0 Å². The van der Waals surface area contributed by atoms with Gasteiger partial charge >= 0.3 is 0 Å². The topological polar surface area (TPSA) is 26.0 Å². The van der Waals surface area contributed by atoms with Gasteiger partial charge in [0.05, 0.1) is 0 Å². The highest BCUT2D eigenvalue weighted by molar-refractivity contribution is 9.10. The van der Waals surface area contributed by atoms with Crippen LogP contribution in [0.1, 0.15) is 30.5 Å². The first-order valence-corrected chi connectivity index (χ1v) is 4.96. The normalized spacial score (nSPS) is 13.0. The third-order valence-corrected chi connectivity index (χ3v) is 2.57. The van der Waals surface area contributed by atoms with Crippen molar-refractivity contribution in [2.75, 3.05) is 0 Å². The number of nitrogens with two attached hydrogens (primary N) is 1. The van der Waals surface area contributed by atoms with E-state index in [0.29, 0.717) is 0 Å². The van der Waals surface area contributed by atoms with E-state index in [1.165, 1.54) is 11.1 Å². The molecule has 0 amide bonds. The number of aryl methyl sites for hydroxylation is 1. The van der Waals surface area contributed by atoms with E-state index in [2.05, 4.69) is 41.9 Å². The molecule has 1 aromatic carbocycles. The summed E-state index contributed by atoms with van der Waals surface area (Å²) in [6.07, 6.45) is 0.983. The van der Waals surface area contributed by atoms with Gasteiger partial charge in [-0.05, 0) is 36.6 Å². The zero-order valence-corrected chi connectivity index (χ0v) is 9.06. The van der Waals surface area contributed by atoms with Gasteiger partial charge in [-0.3, -0.25) is 0 Å². The second-order valence-electron chi connectivity index (χ2n) is 3.02. The molecular formula is C10H14BrN. The van der Waals surface area contributed by atoms with Gasteiger partial charge in [0.25, 0.3) is 0 Å². The maximum Gasteiger partial charge on any atom is 0.0295 e. The van der Waals surface area contributed by atoms with Crippen LogP contribution in [0.3, 0.4) is 0 Å². The number of hydrogen-bond acceptors (Lipinski definition) is 1. The molecule has 2 heteroatoms. The molecule has 0 aliphatic heterocycles. The second kappa shape index (κ2) is 4.06. The lowest BCUT2D eigenvalue weighted by Crippen LogP contribution is -2.10. The second-order valence-corrected chi connectivity index (χ2v) is 3.93. The van der Waals surface area contributed by atoms with E-state index in [-0.39, 0.29) is 6.04 Å². The first kappa shape index (κ1) is 9.75. The first-order valence-electron chi connectivity index (χ1n) is 4.16. The summed E-state index contributed by atoms with van der Waals surface area (Å²) in [5.74, 6) is 0. The molecule has 0 saturated carbocycles. The van der Waals surface area contributed by atoms with Crippen LogP contribution >= 0.6 is 15.9 Å². The average Bonchev–Trinajstić information content (AvgIpc) is 2.08. The van der Waals surface area contributed by atoms with Crippen molar-refractivity contribution in [3.63, 3.8) is 0 Å². The Balaban J connectivity index is 3.04. The standard InChI is InChI=1S/C10H14BrN/c1-3-10(12)9-6-8(11)5-4-7(9)2/h4-6,10H,3,12H2,1-2H3/t10-/m1/s1. The quantitative estimate of drug-likeness (QED) is 0.826. The van der Waals surface area contributed by atoms with Gasteiger partial charge < -0.3 is 5.73 Å². The van der Waals surface area contributed by atoms with Gasteiger partial charge in [-0.1, -0.05) is 28.9 Å². The average molecular weight is 228 g/mol. The van der Waals surface area contributed by atoms with E-state index in [9.17, 15) is 0 Å². The predicted octanol–water partition coefficient (Wildman–Crippen LogP) is 3.17. The Kier molecular flexibility index (Phi) is 3.29. The molecule has 0 unspecified atom stereocenters.